The van der Waals surface area contributed by atoms with Crippen LogP contribution in [-0.2, 0) is 4.74 Å². The van der Waals surface area contributed by atoms with Crippen LogP contribution in [-0.4, -0.2) is 68.9 Å². The minimum absolute atomic E-state index is 0.481. The van der Waals surface area contributed by atoms with Gasteiger partial charge in [0.2, 0.25) is 0 Å². The molecule has 2 aliphatic heterocycles. The highest BCUT2D eigenvalue weighted by atomic mass is 16.5. The summed E-state index contributed by atoms with van der Waals surface area (Å²) in [5, 5.41) is 4.39. The number of hydrogen-bond donors (Lipinski definition) is 0. The maximum atomic E-state index is 5.49. The zero-order valence-electron chi connectivity index (χ0n) is 17.0. The number of aryl methyl sites for hydroxylation is 1. The lowest BCUT2D eigenvalue weighted by molar-refractivity contribution is 0.0845. The van der Waals surface area contributed by atoms with Crippen molar-refractivity contribution in [3.8, 4) is 0 Å². The molecular formula is C20H26N8O. The van der Waals surface area contributed by atoms with E-state index in [4.69, 9.17) is 4.74 Å². The number of anilines is 2. The van der Waals surface area contributed by atoms with Crippen molar-refractivity contribution < 1.29 is 4.74 Å². The van der Waals surface area contributed by atoms with Crippen molar-refractivity contribution >= 4 is 17.4 Å². The molecule has 152 valence electrons. The Bertz CT molecular complexity index is 1000. The largest absolute Gasteiger partial charge is 0.381 e. The zero-order valence-corrected chi connectivity index (χ0v) is 17.0. The Morgan fingerprint density at radius 2 is 1.69 bits per heavy atom. The van der Waals surface area contributed by atoms with Gasteiger partial charge in [0.1, 0.15) is 24.3 Å². The van der Waals surface area contributed by atoms with Crippen molar-refractivity contribution in [1.82, 2.24) is 29.5 Å². The molecule has 2 fully saturated rings. The van der Waals surface area contributed by atoms with Crippen molar-refractivity contribution in [3.05, 3.63) is 35.7 Å². The molecule has 0 aliphatic carbocycles. The highest BCUT2D eigenvalue weighted by molar-refractivity contribution is 5.55. The first-order chi connectivity index (χ1) is 14.2. The Balaban J connectivity index is 1.34. The Morgan fingerprint density at radius 3 is 2.48 bits per heavy atom. The molecule has 0 amide bonds. The van der Waals surface area contributed by atoms with Crippen LogP contribution in [0.4, 0.5) is 11.6 Å². The van der Waals surface area contributed by atoms with Gasteiger partial charge in [-0.3, -0.25) is 0 Å². The van der Waals surface area contributed by atoms with Gasteiger partial charge in [0, 0.05) is 68.3 Å². The first-order valence-corrected chi connectivity index (χ1v) is 10.3. The van der Waals surface area contributed by atoms with Crippen LogP contribution in [0, 0.1) is 13.8 Å². The lowest BCUT2D eigenvalue weighted by atomic mass is 9.96. The van der Waals surface area contributed by atoms with Gasteiger partial charge < -0.3 is 14.5 Å². The minimum Gasteiger partial charge on any atom is -0.381 e. The van der Waals surface area contributed by atoms with E-state index in [0.717, 1.165) is 80.8 Å². The summed E-state index contributed by atoms with van der Waals surface area (Å²) in [6, 6.07) is 2.17. The molecule has 29 heavy (non-hydrogen) atoms. The summed E-state index contributed by atoms with van der Waals surface area (Å²) in [7, 11) is 0. The second-order valence-corrected chi connectivity index (χ2v) is 7.78. The van der Waals surface area contributed by atoms with E-state index >= 15 is 0 Å². The number of hydrogen-bond acceptors (Lipinski definition) is 8. The summed E-state index contributed by atoms with van der Waals surface area (Å²) in [5.74, 6) is 3.25. The summed E-state index contributed by atoms with van der Waals surface area (Å²) in [4.78, 5) is 22.6. The molecule has 0 radical (unpaired) electrons. The molecule has 2 aliphatic rings. The van der Waals surface area contributed by atoms with Gasteiger partial charge >= 0.3 is 0 Å². The quantitative estimate of drug-likeness (QED) is 0.664. The second kappa shape index (κ2) is 7.55. The highest BCUT2D eigenvalue weighted by Gasteiger charge is 2.24. The third-order valence-corrected chi connectivity index (χ3v) is 6.09. The fraction of sp³-hybridized carbons (Fsp3) is 0.550. The van der Waals surface area contributed by atoms with Gasteiger partial charge in [0.15, 0.2) is 0 Å². The number of nitrogens with zero attached hydrogens (tertiary/aromatic N) is 8. The van der Waals surface area contributed by atoms with Crippen LogP contribution < -0.4 is 9.80 Å². The molecule has 0 N–H and O–H groups in total. The number of aromatic nitrogens is 6. The second-order valence-electron chi connectivity index (χ2n) is 7.78. The standard InChI is InChI=1S/C20H26N8O/c1-14-15(2)25-20-23-13-24-28(20)19(14)27-7-5-26(6-8-27)18-11-17(21-12-22-18)16-3-9-29-10-4-16/h11-13,16H,3-10H2,1-2H3. The normalized spacial score (nSPS) is 18.6. The molecule has 3 aromatic rings. The van der Waals surface area contributed by atoms with Gasteiger partial charge in [-0.15, -0.1) is 0 Å². The predicted octanol–water partition coefficient (Wildman–Crippen LogP) is 1.75. The lowest BCUT2D eigenvalue weighted by Gasteiger charge is -2.37. The van der Waals surface area contributed by atoms with Gasteiger partial charge in [0.25, 0.3) is 5.78 Å². The number of piperazine rings is 1. The molecule has 0 unspecified atom stereocenters. The fourth-order valence-electron chi connectivity index (χ4n) is 4.29. The maximum absolute atomic E-state index is 5.49. The van der Waals surface area contributed by atoms with E-state index in [1.807, 2.05) is 11.4 Å². The average Bonchev–Trinajstić information content (AvgIpc) is 3.23. The summed E-state index contributed by atoms with van der Waals surface area (Å²) in [6.07, 6.45) is 5.36. The maximum Gasteiger partial charge on any atom is 0.254 e. The Labute approximate surface area is 169 Å². The Morgan fingerprint density at radius 1 is 0.931 bits per heavy atom. The van der Waals surface area contributed by atoms with E-state index in [1.165, 1.54) is 0 Å². The summed E-state index contributed by atoms with van der Waals surface area (Å²) >= 11 is 0. The van der Waals surface area contributed by atoms with Crippen LogP contribution in [0.15, 0.2) is 18.7 Å². The molecule has 3 aromatic heterocycles. The topological polar surface area (TPSA) is 84.6 Å². The van der Waals surface area contributed by atoms with Gasteiger partial charge in [-0.25, -0.2) is 15.0 Å². The smallest absolute Gasteiger partial charge is 0.254 e. The molecule has 0 aromatic carbocycles. The highest BCUT2D eigenvalue weighted by Crippen LogP contribution is 2.28. The van der Waals surface area contributed by atoms with Crippen LogP contribution in [0.3, 0.4) is 0 Å². The average molecular weight is 394 g/mol. The van der Waals surface area contributed by atoms with E-state index in [1.54, 1.807) is 12.7 Å². The molecule has 9 nitrogen and oxygen atoms in total. The number of rotatable bonds is 3. The SMILES string of the molecule is Cc1nc2ncnn2c(N2CCN(c3cc(C4CCOCC4)ncn3)CC2)c1C. The zero-order chi connectivity index (χ0) is 19.8. The lowest BCUT2D eigenvalue weighted by Crippen LogP contribution is -2.47. The van der Waals surface area contributed by atoms with Gasteiger partial charge in [-0.2, -0.15) is 14.6 Å². The van der Waals surface area contributed by atoms with E-state index in [-0.39, 0.29) is 0 Å². The van der Waals surface area contributed by atoms with Crippen LogP contribution in [0.2, 0.25) is 0 Å². The van der Waals surface area contributed by atoms with Crippen LogP contribution >= 0.6 is 0 Å². The van der Waals surface area contributed by atoms with Crippen molar-refractivity contribution in [3.63, 3.8) is 0 Å². The first kappa shape index (κ1) is 18.2. The van der Waals surface area contributed by atoms with Crippen molar-refractivity contribution in [2.75, 3.05) is 49.2 Å². The first-order valence-electron chi connectivity index (χ1n) is 10.3. The molecule has 0 atom stereocenters. The molecule has 9 heteroatoms. The Kier molecular flexibility index (Phi) is 4.75. The van der Waals surface area contributed by atoms with E-state index in [9.17, 15) is 0 Å². The number of fused-ring (bicyclic) bond motifs is 1. The van der Waals surface area contributed by atoms with Crippen LogP contribution in [0.1, 0.15) is 35.7 Å². The molecule has 0 bridgehead atoms. The molecule has 0 saturated carbocycles. The van der Waals surface area contributed by atoms with Crippen LogP contribution in [0.5, 0.6) is 0 Å². The summed E-state index contributed by atoms with van der Waals surface area (Å²) < 4.78 is 7.34. The Hall–Kier alpha value is -2.81. The van der Waals surface area contributed by atoms with Crippen molar-refractivity contribution in [2.24, 2.45) is 0 Å². The van der Waals surface area contributed by atoms with Crippen molar-refractivity contribution in [2.45, 2.75) is 32.6 Å². The third-order valence-electron chi connectivity index (χ3n) is 6.09. The van der Waals surface area contributed by atoms with Gasteiger partial charge in [-0.05, 0) is 26.7 Å². The molecule has 2 saturated heterocycles. The predicted molar refractivity (Wildman–Crippen MR) is 110 cm³/mol. The molecular weight excluding hydrogens is 368 g/mol. The van der Waals surface area contributed by atoms with Crippen molar-refractivity contribution in [1.29, 1.82) is 0 Å². The fourth-order valence-corrected chi connectivity index (χ4v) is 4.29. The van der Waals surface area contributed by atoms with Gasteiger partial charge in [-0.1, -0.05) is 0 Å². The van der Waals surface area contributed by atoms with Gasteiger partial charge in [0.05, 0.1) is 0 Å². The third kappa shape index (κ3) is 3.39. The number of ether oxygens (including phenoxy) is 1. The molecule has 5 rings (SSSR count). The monoisotopic (exact) mass is 394 g/mol. The summed E-state index contributed by atoms with van der Waals surface area (Å²) in [5.41, 5.74) is 3.30. The summed E-state index contributed by atoms with van der Waals surface area (Å²) in [6.45, 7) is 9.39. The minimum atomic E-state index is 0.481. The van der Waals surface area contributed by atoms with Crippen LogP contribution in [0.25, 0.3) is 5.78 Å². The van der Waals surface area contributed by atoms with E-state index in [0.29, 0.717) is 11.7 Å². The molecule has 5 heterocycles. The van der Waals surface area contributed by atoms with E-state index in [2.05, 4.69) is 47.8 Å². The molecule has 0 spiro atoms. The van der Waals surface area contributed by atoms with E-state index < -0.39 is 0 Å².